The Morgan fingerprint density at radius 3 is 1.00 bits per heavy atom. The molecule has 0 heterocycles. The average molecular weight is 377 g/mol. The summed E-state index contributed by atoms with van der Waals surface area (Å²) in [4.78, 5) is 0. The van der Waals surface area contributed by atoms with Gasteiger partial charge < -0.3 is 19.7 Å². The molecule has 132 valence electrons. The predicted molar refractivity (Wildman–Crippen MR) is 105 cm³/mol. The van der Waals surface area contributed by atoms with Crippen molar-refractivity contribution in [1.29, 1.82) is 0 Å². The number of benzene rings is 3. The molecule has 0 saturated heterocycles. The van der Waals surface area contributed by atoms with Gasteiger partial charge in [0.25, 0.3) is 0 Å². The lowest BCUT2D eigenvalue weighted by molar-refractivity contribution is 0.298. The highest BCUT2D eigenvalue weighted by Gasteiger charge is 2.33. The van der Waals surface area contributed by atoms with Crippen LogP contribution in [0.2, 0.25) is 0 Å². The molecular formula is C18H21NO4P2. The second-order valence-corrected chi connectivity index (χ2v) is 6.10. The van der Waals surface area contributed by atoms with Gasteiger partial charge in [0.15, 0.2) is 0 Å². The molecule has 0 radical (unpaired) electrons. The third kappa shape index (κ3) is 6.24. The molecule has 0 aliphatic heterocycles. The van der Waals surface area contributed by atoms with Crippen molar-refractivity contribution in [2.45, 2.75) is 0 Å². The highest BCUT2D eigenvalue weighted by atomic mass is 31.2. The van der Waals surface area contributed by atoms with Crippen molar-refractivity contribution < 1.29 is 18.1 Å². The van der Waals surface area contributed by atoms with Gasteiger partial charge >= 0.3 is 7.82 Å². The van der Waals surface area contributed by atoms with Crippen molar-refractivity contribution in [2.75, 3.05) is 0 Å². The van der Waals surface area contributed by atoms with Crippen molar-refractivity contribution in [3.05, 3.63) is 91.0 Å². The second kappa shape index (κ2) is 9.85. The maximum atomic E-state index is 13.1. The first-order valence-electron chi connectivity index (χ1n) is 7.07. The molecule has 7 heteroatoms. The average Bonchev–Trinajstić information content (AvgIpc) is 2.57. The Hall–Kier alpha value is -2.32. The van der Waals surface area contributed by atoms with E-state index in [1.165, 1.54) is 0 Å². The van der Waals surface area contributed by atoms with Crippen molar-refractivity contribution >= 4 is 17.7 Å². The van der Waals surface area contributed by atoms with Crippen LogP contribution in [0.5, 0.6) is 17.2 Å². The number of para-hydroxylation sites is 3. The van der Waals surface area contributed by atoms with Gasteiger partial charge in [-0.3, -0.25) is 0 Å². The zero-order chi connectivity index (χ0) is 16.0. The Labute approximate surface area is 150 Å². The molecule has 0 aliphatic carbocycles. The first kappa shape index (κ1) is 20.7. The van der Waals surface area contributed by atoms with Crippen LogP contribution in [0.15, 0.2) is 91.0 Å². The fraction of sp³-hybridized carbons (Fsp3) is 0. The molecular weight excluding hydrogens is 356 g/mol. The number of hydrogen-bond acceptors (Lipinski definition) is 5. The Balaban J connectivity index is 0.00000156. The number of rotatable bonds is 6. The molecule has 0 bridgehead atoms. The van der Waals surface area contributed by atoms with E-state index in [1.54, 1.807) is 72.8 Å². The second-order valence-electron chi connectivity index (χ2n) is 4.66. The first-order chi connectivity index (χ1) is 11.2. The van der Waals surface area contributed by atoms with Crippen molar-refractivity contribution in [3.63, 3.8) is 0 Å². The van der Waals surface area contributed by atoms with Crippen LogP contribution >= 0.6 is 17.7 Å². The summed E-state index contributed by atoms with van der Waals surface area (Å²) in [6.07, 6.45) is 0. The molecule has 3 rings (SSSR count). The number of phosphoric ester groups is 1. The molecule has 3 aromatic carbocycles. The lowest BCUT2D eigenvalue weighted by Crippen LogP contribution is -2.07. The van der Waals surface area contributed by atoms with Gasteiger partial charge in [0.05, 0.1) is 0 Å². The maximum absolute atomic E-state index is 13.1. The van der Waals surface area contributed by atoms with Crippen LogP contribution in [-0.4, -0.2) is 0 Å². The third-order valence-corrected chi connectivity index (χ3v) is 4.18. The van der Waals surface area contributed by atoms with E-state index >= 15 is 0 Å². The topological polar surface area (TPSA) is 79.8 Å². The number of hydrogen-bond donors (Lipinski definition) is 1. The van der Waals surface area contributed by atoms with Crippen LogP contribution in [-0.2, 0) is 4.57 Å². The van der Waals surface area contributed by atoms with Gasteiger partial charge in [-0.15, -0.1) is 0 Å². The standard InChI is InChI=1S/C18H15O4P.H3N.H3P/c19-23(20-16-10-4-1-5-11-16,21-17-12-6-2-7-13-17)22-18-14-8-3-9-15-18;;/h1-15H;2*1H3. The van der Waals surface area contributed by atoms with E-state index in [2.05, 4.69) is 0 Å². The summed E-state index contributed by atoms with van der Waals surface area (Å²) in [6.45, 7) is 0. The van der Waals surface area contributed by atoms with Crippen LogP contribution < -0.4 is 19.7 Å². The Morgan fingerprint density at radius 2 is 0.760 bits per heavy atom. The monoisotopic (exact) mass is 377 g/mol. The van der Waals surface area contributed by atoms with Gasteiger partial charge in [-0.2, -0.15) is 14.5 Å². The normalized spacial score (nSPS) is 9.92. The quantitative estimate of drug-likeness (QED) is 0.570. The minimum absolute atomic E-state index is 0. The van der Waals surface area contributed by atoms with E-state index in [9.17, 15) is 4.57 Å². The summed E-state index contributed by atoms with van der Waals surface area (Å²) in [7, 11) is -3.89. The van der Waals surface area contributed by atoms with E-state index in [0.29, 0.717) is 17.2 Å². The van der Waals surface area contributed by atoms with Gasteiger partial charge in [-0.05, 0) is 36.4 Å². The zero-order valence-corrected chi connectivity index (χ0v) is 16.0. The zero-order valence-electron chi connectivity index (χ0n) is 13.7. The molecule has 0 saturated carbocycles. The Bertz CT molecular complexity index is 678. The smallest absolute Gasteiger partial charge is 0.386 e. The molecule has 5 nitrogen and oxygen atoms in total. The molecule has 3 N–H and O–H groups in total. The third-order valence-electron chi connectivity index (χ3n) is 2.88. The van der Waals surface area contributed by atoms with Gasteiger partial charge in [0, 0.05) is 0 Å². The Morgan fingerprint density at radius 1 is 0.520 bits per heavy atom. The van der Waals surface area contributed by atoms with Crippen molar-refractivity contribution in [2.24, 2.45) is 0 Å². The van der Waals surface area contributed by atoms with E-state index < -0.39 is 7.82 Å². The van der Waals surface area contributed by atoms with Crippen LogP contribution in [0.3, 0.4) is 0 Å². The molecule has 25 heavy (non-hydrogen) atoms. The fourth-order valence-electron chi connectivity index (χ4n) is 1.89. The van der Waals surface area contributed by atoms with Crippen molar-refractivity contribution in [1.82, 2.24) is 6.15 Å². The highest BCUT2D eigenvalue weighted by Crippen LogP contribution is 2.49. The lowest BCUT2D eigenvalue weighted by Gasteiger charge is -2.19. The number of phosphoric acid groups is 1. The maximum Gasteiger partial charge on any atom is 0.647 e. The largest absolute Gasteiger partial charge is 0.647 e. The molecule has 0 aliphatic rings. The van der Waals surface area contributed by atoms with Crippen molar-refractivity contribution in [3.8, 4) is 17.2 Å². The highest BCUT2D eigenvalue weighted by molar-refractivity contribution is 7.49. The molecule has 0 spiro atoms. The predicted octanol–water partition coefficient (Wildman–Crippen LogP) is 5.55. The van der Waals surface area contributed by atoms with E-state index in [4.69, 9.17) is 13.6 Å². The molecule has 1 unspecified atom stereocenters. The first-order valence-corrected chi connectivity index (χ1v) is 8.54. The van der Waals surface area contributed by atoms with Crippen LogP contribution in [0.4, 0.5) is 0 Å². The summed E-state index contributed by atoms with van der Waals surface area (Å²) < 4.78 is 29.6. The molecule has 0 aromatic heterocycles. The summed E-state index contributed by atoms with van der Waals surface area (Å²) in [5, 5.41) is 0. The van der Waals surface area contributed by atoms with Crippen LogP contribution in [0.25, 0.3) is 0 Å². The Kier molecular flexibility index (Phi) is 8.17. The summed E-state index contributed by atoms with van der Waals surface area (Å²) in [5.74, 6) is 1.22. The molecule has 3 aromatic rings. The fourth-order valence-corrected chi connectivity index (χ4v) is 3.14. The summed E-state index contributed by atoms with van der Waals surface area (Å²) in [6, 6.07) is 26.4. The molecule has 0 fully saturated rings. The minimum atomic E-state index is -3.89. The summed E-state index contributed by atoms with van der Waals surface area (Å²) >= 11 is 0. The van der Waals surface area contributed by atoms with E-state index in [0.717, 1.165) is 0 Å². The van der Waals surface area contributed by atoms with Gasteiger partial charge in [-0.1, -0.05) is 54.6 Å². The van der Waals surface area contributed by atoms with Crippen LogP contribution in [0, 0.1) is 0 Å². The summed E-state index contributed by atoms with van der Waals surface area (Å²) in [5.41, 5.74) is 0. The van der Waals surface area contributed by atoms with E-state index in [-0.39, 0.29) is 16.0 Å². The SMILES string of the molecule is N.O=P(Oc1ccccc1)(Oc1ccccc1)Oc1ccccc1.P. The van der Waals surface area contributed by atoms with Gasteiger partial charge in [0.2, 0.25) is 0 Å². The van der Waals surface area contributed by atoms with E-state index in [1.807, 2.05) is 18.2 Å². The van der Waals surface area contributed by atoms with Gasteiger partial charge in [-0.25, -0.2) is 0 Å². The lowest BCUT2D eigenvalue weighted by atomic mass is 10.3. The minimum Gasteiger partial charge on any atom is -0.386 e. The van der Waals surface area contributed by atoms with Crippen LogP contribution in [0.1, 0.15) is 0 Å². The molecule has 1 atom stereocenters. The molecule has 0 amide bonds. The van der Waals surface area contributed by atoms with Gasteiger partial charge in [0.1, 0.15) is 17.2 Å².